The van der Waals surface area contributed by atoms with Crippen LogP contribution in [0.1, 0.15) is 23.5 Å². The number of rotatable bonds is 3. The van der Waals surface area contributed by atoms with Gasteiger partial charge in [0.25, 0.3) is 5.91 Å². The van der Waals surface area contributed by atoms with E-state index >= 15 is 0 Å². The lowest BCUT2D eigenvalue weighted by Gasteiger charge is -2.37. The monoisotopic (exact) mass is 353 g/mol. The summed E-state index contributed by atoms with van der Waals surface area (Å²) >= 11 is 1.59. The van der Waals surface area contributed by atoms with E-state index in [1.165, 1.54) is 4.70 Å². The van der Waals surface area contributed by atoms with Crippen molar-refractivity contribution in [3.8, 4) is 0 Å². The highest BCUT2D eigenvalue weighted by atomic mass is 35.5. The maximum absolute atomic E-state index is 12.7. The molecular formula is C17H24ClN3OS. The first-order valence-electron chi connectivity index (χ1n) is 7.71. The minimum absolute atomic E-state index is 0. The van der Waals surface area contributed by atoms with Crippen LogP contribution in [-0.4, -0.2) is 54.0 Å². The third-order valence-corrected chi connectivity index (χ3v) is 5.03. The average Bonchev–Trinajstić information content (AvgIpc) is 2.89. The van der Waals surface area contributed by atoms with E-state index < -0.39 is 0 Å². The molecule has 0 saturated carbocycles. The molecule has 0 spiro atoms. The molecule has 1 saturated heterocycles. The third kappa shape index (κ3) is 4.44. The first-order valence-corrected chi connectivity index (χ1v) is 8.53. The summed E-state index contributed by atoms with van der Waals surface area (Å²) in [7, 11) is 0. The molecule has 6 heteroatoms. The van der Waals surface area contributed by atoms with E-state index in [2.05, 4.69) is 17.0 Å². The van der Waals surface area contributed by atoms with Gasteiger partial charge in [-0.1, -0.05) is 18.2 Å². The number of hydrogen-bond acceptors (Lipinski definition) is 4. The number of nitrogens with two attached hydrogens (primary N) is 1. The van der Waals surface area contributed by atoms with Crippen molar-refractivity contribution in [1.82, 2.24) is 9.80 Å². The molecule has 23 heavy (non-hydrogen) atoms. The van der Waals surface area contributed by atoms with Gasteiger partial charge in [0.05, 0.1) is 4.88 Å². The Balaban J connectivity index is 0.00000192. The first-order chi connectivity index (χ1) is 10.4. The normalized spacial score (nSPS) is 16.4. The molecule has 2 N–H and O–H groups in total. The van der Waals surface area contributed by atoms with Gasteiger partial charge in [-0.3, -0.25) is 9.69 Å². The van der Waals surface area contributed by atoms with Gasteiger partial charge >= 0.3 is 0 Å². The number of piperazine rings is 1. The SMILES string of the molecule is CC(C)(N)CN1CCN(C(=O)c2cc3ccccc3s2)CC1.Cl. The second kappa shape index (κ2) is 7.18. The molecule has 126 valence electrons. The Morgan fingerprint density at radius 1 is 1.22 bits per heavy atom. The van der Waals surface area contributed by atoms with E-state index in [1.807, 2.05) is 36.9 Å². The van der Waals surface area contributed by atoms with Gasteiger partial charge in [0.15, 0.2) is 0 Å². The highest BCUT2D eigenvalue weighted by molar-refractivity contribution is 7.20. The second-order valence-electron chi connectivity index (χ2n) is 6.71. The van der Waals surface area contributed by atoms with E-state index in [0.717, 1.165) is 43.0 Å². The number of carbonyl (C=O) groups excluding carboxylic acids is 1. The molecule has 1 aromatic carbocycles. The van der Waals surface area contributed by atoms with Gasteiger partial charge in [-0.05, 0) is 31.4 Å². The average molecular weight is 354 g/mol. The Bertz CT molecular complexity index is 639. The van der Waals surface area contributed by atoms with Crippen LogP contribution in [0.4, 0.5) is 0 Å². The first kappa shape index (κ1) is 18.2. The summed E-state index contributed by atoms with van der Waals surface area (Å²) in [5.74, 6) is 0.160. The summed E-state index contributed by atoms with van der Waals surface area (Å²) in [5.41, 5.74) is 5.89. The third-order valence-electron chi connectivity index (χ3n) is 3.93. The van der Waals surface area contributed by atoms with Gasteiger partial charge < -0.3 is 10.6 Å². The quantitative estimate of drug-likeness (QED) is 0.923. The maximum atomic E-state index is 12.7. The molecule has 4 nitrogen and oxygen atoms in total. The van der Waals surface area contributed by atoms with Gasteiger partial charge in [-0.15, -0.1) is 23.7 Å². The van der Waals surface area contributed by atoms with Crippen LogP contribution in [0.5, 0.6) is 0 Å². The topological polar surface area (TPSA) is 49.6 Å². The Labute approximate surface area is 147 Å². The van der Waals surface area contributed by atoms with Crippen LogP contribution in [0.3, 0.4) is 0 Å². The molecule has 1 fully saturated rings. The van der Waals surface area contributed by atoms with Gasteiger partial charge in [0.1, 0.15) is 0 Å². The fraction of sp³-hybridized carbons (Fsp3) is 0.471. The Kier molecular flexibility index (Phi) is 5.68. The van der Waals surface area contributed by atoms with E-state index in [1.54, 1.807) is 11.3 Å². The van der Waals surface area contributed by atoms with Crippen molar-refractivity contribution in [1.29, 1.82) is 0 Å². The lowest BCUT2D eigenvalue weighted by Crippen LogP contribution is -2.54. The van der Waals surface area contributed by atoms with Gasteiger partial charge in [0, 0.05) is 43.0 Å². The number of halogens is 1. The molecule has 0 radical (unpaired) electrons. The van der Waals surface area contributed by atoms with Crippen molar-refractivity contribution in [3.63, 3.8) is 0 Å². The van der Waals surface area contributed by atoms with Crippen LogP contribution >= 0.6 is 23.7 Å². The summed E-state index contributed by atoms with van der Waals surface area (Å²) < 4.78 is 1.18. The molecule has 2 aromatic rings. The zero-order valence-electron chi connectivity index (χ0n) is 13.6. The lowest BCUT2D eigenvalue weighted by molar-refractivity contribution is 0.0621. The van der Waals surface area contributed by atoms with Crippen LogP contribution in [0.25, 0.3) is 10.1 Å². The van der Waals surface area contributed by atoms with Crippen LogP contribution < -0.4 is 5.73 Å². The molecule has 1 aliphatic heterocycles. The second-order valence-corrected chi connectivity index (χ2v) is 7.79. The van der Waals surface area contributed by atoms with Gasteiger partial charge in [-0.25, -0.2) is 0 Å². The molecule has 0 unspecified atom stereocenters. The molecule has 1 aromatic heterocycles. The predicted molar refractivity (Wildman–Crippen MR) is 99.7 cm³/mol. The summed E-state index contributed by atoms with van der Waals surface area (Å²) in [6.07, 6.45) is 0. The van der Waals surface area contributed by atoms with Crippen LogP contribution in [0, 0.1) is 0 Å². The summed E-state index contributed by atoms with van der Waals surface area (Å²) in [5, 5.41) is 1.15. The van der Waals surface area contributed by atoms with Crippen LogP contribution in [-0.2, 0) is 0 Å². The molecule has 0 atom stereocenters. The Morgan fingerprint density at radius 3 is 2.48 bits per heavy atom. The fourth-order valence-corrected chi connectivity index (χ4v) is 3.96. The van der Waals surface area contributed by atoms with Crippen molar-refractivity contribution in [3.05, 3.63) is 35.2 Å². The van der Waals surface area contributed by atoms with E-state index in [0.29, 0.717) is 0 Å². The molecular weight excluding hydrogens is 330 g/mol. The minimum atomic E-state index is -0.183. The predicted octanol–water partition coefficient (Wildman–Crippen LogP) is 2.82. The van der Waals surface area contributed by atoms with Gasteiger partial charge in [-0.2, -0.15) is 0 Å². The summed E-state index contributed by atoms with van der Waals surface area (Å²) in [6, 6.07) is 10.2. The number of amides is 1. The standard InChI is InChI=1S/C17H23N3OS.ClH/c1-17(2,18)12-19-7-9-20(10-8-19)16(21)15-11-13-5-3-4-6-14(13)22-15;/h3-6,11H,7-10,12,18H2,1-2H3;1H. The van der Waals surface area contributed by atoms with Crippen molar-refractivity contribution in [2.24, 2.45) is 5.73 Å². The molecule has 1 amide bonds. The number of benzene rings is 1. The number of thiophene rings is 1. The summed E-state index contributed by atoms with van der Waals surface area (Å²) in [4.78, 5) is 17.8. The molecule has 3 rings (SSSR count). The smallest absolute Gasteiger partial charge is 0.264 e. The fourth-order valence-electron chi connectivity index (χ4n) is 2.93. The van der Waals surface area contributed by atoms with Crippen LogP contribution in [0.2, 0.25) is 0 Å². The van der Waals surface area contributed by atoms with E-state index in [9.17, 15) is 4.79 Å². The largest absolute Gasteiger partial charge is 0.335 e. The molecule has 2 heterocycles. The number of hydrogen-bond donors (Lipinski definition) is 1. The number of carbonyl (C=O) groups is 1. The highest BCUT2D eigenvalue weighted by Crippen LogP contribution is 2.26. The Morgan fingerprint density at radius 2 is 1.87 bits per heavy atom. The molecule has 1 aliphatic rings. The molecule has 0 aliphatic carbocycles. The number of nitrogens with zero attached hydrogens (tertiary/aromatic N) is 2. The summed E-state index contributed by atoms with van der Waals surface area (Å²) in [6.45, 7) is 8.32. The Hall–Kier alpha value is -1.14. The molecule has 0 bridgehead atoms. The van der Waals surface area contributed by atoms with E-state index in [-0.39, 0.29) is 23.9 Å². The van der Waals surface area contributed by atoms with Crippen molar-refractivity contribution in [2.45, 2.75) is 19.4 Å². The zero-order valence-corrected chi connectivity index (χ0v) is 15.3. The van der Waals surface area contributed by atoms with E-state index in [4.69, 9.17) is 5.73 Å². The highest BCUT2D eigenvalue weighted by Gasteiger charge is 2.25. The van der Waals surface area contributed by atoms with Crippen LogP contribution in [0.15, 0.2) is 30.3 Å². The minimum Gasteiger partial charge on any atom is -0.335 e. The van der Waals surface area contributed by atoms with Crippen molar-refractivity contribution >= 4 is 39.7 Å². The number of fused-ring (bicyclic) bond motifs is 1. The van der Waals surface area contributed by atoms with Crippen molar-refractivity contribution in [2.75, 3.05) is 32.7 Å². The zero-order chi connectivity index (χ0) is 15.7. The van der Waals surface area contributed by atoms with Gasteiger partial charge in [0.2, 0.25) is 0 Å². The lowest BCUT2D eigenvalue weighted by atomic mass is 10.1. The van der Waals surface area contributed by atoms with Crippen molar-refractivity contribution < 1.29 is 4.79 Å². The maximum Gasteiger partial charge on any atom is 0.264 e.